The number of hydrogen-bond donors (Lipinski definition) is 1. The Morgan fingerprint density at radius 2 is 1.71 bits per heavy atom. The fourth-order valence-corrected chi connectivity index (χ4v) is 0. The van der Waals surface area contributed by atoms with Gasteiger partial charge in [0, 0.05) is 0 Å². The van der Waals surface area contributed by atoms with E-state index in [1.54, 1.807) is 13.8 Å². The van der Waals surface area contributed by atoms with E-state index in [0.29, 0.717) is 5.92 Å². The molecule has 0 aromatic heterocycles. The van der Waals surface area contributed by atoms with Gasteiger partial charge in [-0.3, -0.25) is 10.7 Å². The summed E-state index contributed by atoms with van der Waals surface area (Å²) in [6, 6.07) is 0. The molecule has 1 N–H and O–H groups in total. The molecule has 2 nitrogen and oxygen atoms in total. The Bertz CT molecular complexity index is 60.7. The molecule has 0 saturated heterocycles. The van der Waals surface area contributed by atoms with Crippen LogP contribution in [0.2, 0.25) is 0 Å². The summed E-state index contributed by atoms with van der Waals surface area (Å²) < 4.78 is 0. The van der Waals surface area contributed by atoms with Crippen LogP contribution in [0.25, 0.3) is 0 Å². The SMILES string of the molecule is C[C-](C)C(=O)O.[Li+]. The van der Waals surface area contributed by atoms with Crippen LogP contribution in [-0.4, -0.2) is 11.1 Å². The van der Waals surface area contributed by atoms with Gasteiger partial charge in [0.05, 0.1) is 0 Å². The van der Waals surface area contributed by atoms with E-state index < -0.39 is 5.97 Å². The fourth-order valence-electron chi connectivity index (χ4n) is 0. The second kappa shape index (κ2) is 4.11. The molecule has 0 unspecified atom stereocenters. The van der Waals surface area contributed by atoms with E-state index in [1.165, 1.54) is 0 Å². The Kier molecular flexibility index (Phi) is 5.88. The topological polar surface area (TPSA) is 37.3 Å². The Balaban J connectivity index is 0. The molecule has 0 bridgehead atoms. The zero-order valence-corrected chi connectivity index (χ0v) is 4.86. The largest absolute Gasteiger partial charge is 1.00 e. The van der Waals surface area contributed by atoms with Crippen LogP contribution in [0.15, 0.2) is 0 Å². The van der Waals surface area contributed by atoms with Crippen molar-refractivity contribution in [1.82, 2.24) is 0 Å². The van der Waals surface area contributed by atoms with Crippen LogP contribution in [0.1, 0.15) is 13.8 Å². The monoisotopic (exact) mass is 94.1 g/mol. The summed E-state index contributed by atoms with van der Waals surface area (Å²) in [6.07, 6.45) is 0. The van der Waals surface area contributed by atoms with Gasteiger partial charge in [-0.2, -0.15) is 13.8 Å². The third kappa shape index (κ3) is 5.94. The van der Waals surface area contributed by atoms with Crippen LogP contribution in [0.3, 0.4) is 0 Å². The average molecular weight is 94.0 g/mol. The molecule has 0 aliphatic carbocycles. The first-order valence-electron chi connectivity index (χ1n) is 1.68. The number of carboxylic acid groups (broad SMARTS) is 1. The Labute approximate surface area is 55.1 Å². The number of hydrogen-bond acceptors (Lipinski definition) is 1. The Morgan fingerprint density at radius 3 is 1.71 bits per heavy atom. The molecule has 0 saturated carbocycles. The average Bonchev–Trinajstić information content (AvgIpc) is 1.36. The molecule has 0 aliphatic heterocycles. The number of carbonyl (C=O) groups is 1. The van der Waals surface area contributed by atoms with Gasteiger partial charge in [-0.05, 0) is 0 Å². The van der Waals surface area contributed by atoms with Crippen molar-refractivity contribution in [2.45, 2.75) is 13.8 Å². The molecule has 36 valence electrons. The van der Waals surface area contributed by atoms with Gasteiger partial charge in [0.1, 0.15) is 0 Å². The Hall–Kier alpha value is -0.0626. The maximum absolute atomic E-state index is 9.66. The van der Waals surface area contributed by atoms with Crippen molar-refractivity contribution in [3.8, 4) is 0 Å². The second-order valence-corrected chi connectivity index (χ2v) is 1.31. The molecular weight excluding hydrogens is 87.0 g/mol. The summed E-state index contributed by atoms with van der Waals surface area (Å²) in [7, 11) is 0. The normalized spacial score (nSPS) is 6.57. The predicted octanol–water partition coefficient (Wildman–Crippen LogP) is -2.31. The summed E-state index contributed by atoms with van der Waals surface area (Å²) >= 11 is 0. The van der Waals surface area contributed by atoms with Gasteiger partial charge in [-0.1, -0.05) is 0 Å². The standard InChI is InChI=1S/C4H7O2.Li/c1-3(2)4(5)6;/h1-2H3,(H,5,6);/q-1;+1. The molecule has 0 aromatic rings. The van der Waals surface area contributed by atoms with Gasteiger partial charge in [-0.25, -0.2) is 0 Å². The van der Waals surface area contributed by atoms with Gasteiger partial charge >= 0.3 is 18.9 Å². The van der Waals surface area contributed by atoms with E-state index in [0.717, 1.165) is 0 Å². The first kappa shape index (κ1) is 10.0. The molecule has 0 aromatic carbocycles. The summed E-state index contributed by atoms with van der Waals surface area (Å²) in [5.41, 5.74) is 0. The minimum Gasteiger partial charge on any atom is -0.503 e. The zero-order valence-electron chi connectivity index (χ0n) is 4.86. The van der Waals surface area contributed by atoms with E-state index >= 15 is 0 Å². The van der Waals surface area contributed by atoms with Gasteiger partial charge in [0.25, 0.3) is 0 Å². The van der Waals surface area contributed by atoms with Crippen LogP contribution in [0.4, 0.5) is 0 Å². The van der Waals surface area contributed by atoms with E-state index in [2.05, 4.69) is 0 Å². The molecule has 0 spiro atoms. The number of carboxylic acids is 1. The van der Waals surface area contributed by atoms with E-state index in [1.807, 2.05) is 0 Å². The molecular formula is C4H7LiO2. The molecule has 0 atom stereocenters. The minimum atomic E-state index is -0.824. The van der Waals surface area contributed by atoms with Crippen molar-refractivity contribution in [3.05, 3.63) is 5.92 Å². The molecule has 0 aliphatic rings. The van der Waals surface area contributed by atoms with E-state index in [-0.39, 0.29) is 18.9 Å². The molecule has 3 heteroatoms. The molecule has 0 amide bonds. The van der Waals surface area contributed by atoms with Crippen molar-refractivity contribution in [2.24, 2.45) is 0 Å². The van der Waals surface area contributed by atoms with Gasteiger partial charge < -0.3 is 5.11 Å². The van der Waals surface area contributed by atoms with Crippen molar-refractivity contribution >= 4 is 5.97 Å². The molecule has 0 rings (SSSR count). The van der Waals surface area contributed by atoms with Crippen LogP contribution in [0, 0.1) is 5.92 Å². The van der Waals surface area contributed by atoms with Crippen molar-refractivity contribution in [1.29, 1.82) is 0 Å². The molecule has 0 radical (unpaired) electrons. The summed E-state index contributed by atoms with van der Waals surface area (Å²) in [4.78, 5) is 9.66. The quantitative estimate of drug-likeness (QED) is 0.293. The number of aliphatic carboxylic acids is 1. The van der Waals surface area contributed by atoms with E-state index in [9.17, 15) is 4.79 Å². The number of rotatable bonds is 1. The van der Waals surface area contributed by atoms with Crippen molar-refractivity contribution in [2.75, 3.05) is 0 Å². The maximum atomic E-state index is 9.66. The third-order valence-corrected chi connectivity index (χ3v) is 0.428. The Morgan fingerprint density at radius 1 is 1.57 bits per heavy atom. The smallest absolute Gasteiger partial charge is 0.503 e. The van der Waals surface area contributed by atoms with Crippen LogP contribution in [0.5, 0.6) is 0 Å². The summed E-state index contributed by atoms with van der Waals surface area (Å²) in [5, 5.41) is 7.95. The molecule has 0 heterocycles. The van der Waals surface area contributed by atoms with Gasteiger partial charge in [0.15, 0.2) is 5.97 Å². The maximum Gasteiger partial charge on any atom is 1.00 e. The molecule has 0 fully saturated rings. The minimum absolute atomic E-state index is 0. The van der Waals surface area contributed by atoms with Gasteiger partial charge in [-0.15, -0.1) is 0 Å². The fraction of sp³-hybridized carbons (Fsp3) is 0.500. The predicted molar refractivity (Wildman–Crippen MR) is 22.2 cm³/mol. The first-order chi connectivity index (χ1) is 2.64. The van der Waals surface area contributed by atoms with Crippen LogP contribution < -0.4 is 18.9 Å². The first-order valence-corrected chi connectivity index (χ1v) is 1.68. The summed E-state index contributed by atoms with van der Waals surface area (Å²) in [5.74, 6) is -0.398. The van der Waals surface area contributed by atoms with Crippen LogP contribution in [-0.2, 0) is 4.79 Å². The van der Waals surface area contributed by atoms with Crippen molar-refractivity contribution < 1.29 is 28.8 Å². The van der Waals surface area contributed by atoms with Crippen LogP contribution >= 0.6 is 0 Å². The van der Waals surface area contributed by atoms with Gasteiger partial charge in [0.2, 0.25) is 0 Å². The van der Waals surface area contributed by atoms with Crippen molar-refractivity contribution in [3.63, 3.8) is 0 Å². The molecule has 7 heavy (non-hydrogen) atoms. The summed E-state index contributed by atoms with van der Waals surface area (Å²) in [6.45, 7) is 3.12. The third-order valence-electron chi connectivity index (χ3n) is 0.428. The zero-order chi connectivity index (χ0) is 5.15. The van der Waals surface area contributed by atoms with E-state index in [4.69, 9.17) is 5.11 Å². The second-order valence-electron chi connectivity index (χ2n) is 1.31.